The van der Waals surface area contributed by atoms with Gasteiger partial charge in [0.05, 0.1) is 18.0 Å². The molecule has 0 amide bonds. The van der Waals surface area contributed by atoms with Crippen LogP contribution in [0.15, 0.2) is 46.8 Å². The molecule has 1 atom stereocenters. The van der Waals surface area contributed by atoms with Crippen LogP contribution in [0.4, 0.5) is 0 Å². The number of rotatable bonds is 6. The lowest BCUT2D eigenvalue weighted by molar-refractivity contribution is 0.298. The van der Waals surface area contributed by atoms with Gasteiger partial charge in [0.1, 0.15) is 11.6 Å². The van der Waals surface area contributed by atoms with E-state index < -0.39 is 0 Å². The second-order valence-corrected chi connectivity index (χ2v) is 6.13. The molecule has 0 aliphatic rings. The van der Waals surface area contributed by atoms with Gasteiger partial charge in [0.2, 0.25) is 0 Å². The van der Waals surface area contributed by atoms with Crippen molar-refractivity contribution in [2.75, 3.05) is 34.8 Å². The maximum Gasteiger partial charge on any atom is 0.138 e. The Labute approximate surface area is 136 Å². The molecule has 1 aromatic heterocycles. The highest BCUT2D eigenvalue weighted by molar-refractivity contribution is 7.12. The van der Waals surface area contributed by atoms with E-state index in [2.05, 4.69) is 52.9 Å². The van der Waals surface area contributed by atoms with Gasteiger partial charge in [0.15, 0.2) is 0 Å². The van der Waals surface area contributed by atoms with Crippen LogP contribution in [-0.2, 0) is 0 Å². The zero-order chi connectivity index (χ0) is 15.9. The van der Waals surface area contributed by atoms with E-state index in [1.165, 1.54) is 5.56 Å². The number of benzene rings is 1. The molecule has 0 unspecified atom stereocenters. The van der Waals surface area contributed by atoms with E-state index in [4.69, 9.17) is 4.74 Å². The zero-order valence-electron chi connectivity index (χ0n) is 13.5. The molecule has 1 N–H and O–H groups in total. The first-order chi connectivity index (χ1) is 10.7. The van der Waals surface area contributed by atoms with Gasteiger partial charge < -0.3 is 15.0 Å². The van der Waals surface area contributed by atoms with Gasteiger partial charge in [-0.2, -0.15) is 0 Å². The van der Waals surface area contributed by atoms with E-state index >= 15 is 0 Å². The van der Waals surface area contributed by atoms with Gasteiger partial charge in [-0.3, -0.25) is 4.99 Å². The number of hydrogen-bond acceptors (Lipinski definition) is 4. The molecule has 0 fully saturated rings. The lowest BCUT2D eigenvalue weighted by atomic mass is 10.1. The predicted octanol–water partition coefficient (Wildman–Crippen LogP) is 3.03. The fraction of sp³-hybridized carbons (Fsp3) is 0.353. The number of amidine groups is 1. The van der Waals surface area contributed by atoms with Crippen molar-refractivity contribution in [3.05, 3.63) is 52.2 Å². The van der Waals surface area contributed by atoms with Crippen molar-refractivity contribution in [3.8, 4) is 5.75 Å². The summed E-state index contributed by atoms with van der Waals surface area (Å²) in [5, 5.41) is 5.53. The van der Waals surface area contributed by atoms with E-state index in [0.717, 1.165) is 23.0 Å². The van der Waals surface area contributed by atoms with Gasteiger partial charge >= 0.3 is 0 Å². The number of ether oxygens (including phenoxy) is 1. The van der Waals surface area contributed by atoms with Crippen LogP contribution >= 0.6 is 11.3 Å². The zero-order valence-corrected chi connectivity index (χ0v) is 14.4. The molecule has 4 nitrogen and oxygen atoms in total. The Morgan fingerprint density at radius 1 is 1.32 bits per heavy atom. The number of thiophene rings is 1. The van der Waals surface area contributed by atoms with Gasteiger partial charge in [-0.05, 0) is 43.2 Å². The van der Waals surface area contributed by atoms with E-state index in [1.807, 2.05) is 25.2 Å². The normalized spacial score (nSPS) is 13.2. The van der Waals surface area contributed by atoms with Crippen LogP contribution in [0.5, 0.6) is 5.75 Å². The van der Waals surface area contributed by atoms with E-state index in [0.29, 0.717) is 0 Å². The average molecular weight is 317 g/mol. The number of aliphatic imine (C=N–C) groups is 1. The lowest BCUT2D eigenvalue weighted by Gasteiger charge is -2.26. The molecule has 0 aliphatic carbocycles. The Morgan fingerprint density at radius 2 is 2.14 bits per heavy atom. The Morgan fingerprint density at radius 3 is 2.73 bits per heavy atom. The Kier molecular flexibility index (Phi) is 5.98. The number of methoxy groups -OCH3 is 1. The summed E-state index contributed by atoms with van der Waals surface area (Å²) >= 11 is 1.69. The largest absolute Gasteiger partial charge is 0.497 e. The quantitative estimate of drug-likeness (QED) is 0.657. The summed E-state index contributed by atoms with van der Waals surface area (Å²) in [6.07, 6.45) is 0. The topological polar surface area (TPSA) is 36.9 Å². The molecule has 0 aliphatic heterocycles. The second-order valence-electron chi connectivity index (χ2n) is 5.19. The maximum absolute atomic E-state index is 5.33. The first-order valence-electron chi connectivity index (χ1n) is 7.20. The SMILES string of the molecule is CN=C(NC[C@@H](c1cccc(OC)c1)N(C)C)c1cccs1. The van der Waals surface area contributed by atoms with Crippen LogP contribution in [0.2, 0.25) is 0 Å². The Hall–Kier alpha value is -1.85. The van der Waals surface area contributed by atoms with E-state index in [9.17, 15) is 0 Å². The molecule has 5 heteroatoms. The van der Waals surface area contributed by atoms with Gasteiger partial charge in [-0.15, -0.1) is 11.3 Å². The highest BCUT2D eigenvalue weighted by Crippen LogP contribution is 2.22. The van der Waals surface area contributed by atoms with Gasteiger partial charge in [0, 0.05) is 13.6 Å². The summed E-state index contributed by atoms with van der Waals surface area (Å²) < 4.78 is 5.33. The highest BCUT2D eigenvalue weighted by atomic mass is 32.1. The number of hydrogen-bond donors (Lipinski definition) is 1. The van der Waals surface area contributed by atoms with Crippen molar-refractivity contribution in [2.24, 2.45) is 4.99 Å². The minimum absolute atomic E-state index is 0.242. The smallest absolute Gasteiger partial charge is 0.138 e. The third kappa shape index (κ3) is 4.08. The fourth-order valence-electron chi connectivity index (χ4n) is 2.33. The summed E-state index contributed by atoms with van der Waals surface area (Å²) in [5.41, 5.74) is 1.22. The molecule has 1 heterocycles. The summed E-state index contributed by atoms with van der Waals surface area (Å²) in [6, 6.07) is 12.6. The minimum atomic E-state index is 0.242. The first kappa shape index (κ1) is 16.5. The van der Waals surface area contributed by atoms with Crippen LogP contribution in [0.3, 0.4) is 0 Å². The van der Waals surface area contributed by atoms with Gasteiger partial charge in [0.25, 0.3) is 0 Å². The van der Waals surface area contributed by atoms with Crippen LogP contribution in [0, 0.1) is 0 Å². The predicted molar refractivity (Wildman–Crippen MR) is 94.2 cm³/mol. The molecule has 2 rings (SSSR count). The Bertz CT molecular complexity index is 608. The monoisotopic (exact) mass is 317 g/mol. The number of nitrogens with one attached hydrogen (secondary N) is 1. The van der Waals surface area contributed by atoms with Crippen LogP contribution in [0.25, 0.3) is 0 Å². The Balaban J connectivity index is 2.12. The summed E-state index contributed by atoms with van der Waals surface area (Å²) in [4.78, 5) is 7.72. The third-order valence-corrected chi connectivity index (χ3v) is 4.42. The molecular formula is C17H23N3OS. The van der Waals surface area contributed by atoms with E-state index in [-0.39, 0.29) is 6.04 Å². The van der Waals surface area contributed by atoms with Crippen molar-refractivity contribution < 1.29 is 4.74 Å². The fourth-order valence-corrected chi connectivity index (χ4v) is 3.07. The minimum Gasteiger partial charge on any atom is -0.497 e. The summed E-state index contributed by atoms with van der Waals surface area (Å²) in [5.74, 6) is 1.82. The van der Waals surface area contributed by atoms with Gasteiger partial charge in [-0.1, -0.05) is 18.2 Å². The molecule has 0 bridgehead atoms. The third-order valence-electron chi connectivity index (χ3n) is 3.54. The molecule has 2 aromatic rings. The standard InChI is InChI=1S/C17H23N3OS/c1-18-17(16-9-6-10-22-16)19-12-15(20(2)3)13-7-5-8-14(11-13)21-4/h5-11,15H,12H2,1-4H3,(H,18,19)/t15-/m0/s1. The van der Waals surface area contributed by atoms with Crippen LogP contribution in [-0.4, -0.2) is 45.5 Å². The van der Waals surface area contributed by atoms with Crippen LogP contribution in [0.1, 0.15) is 16.5 Å². The van der Waals surface area contributed by atoms with Crippen molar-refractivity contribution in [1.29, 1.82) is 0 Å². The maximum atomic E-state index is 5.33. The molecular weight excluding hydrogens is 294 g/mol. The van der Waals surface area contributed by atoms with Crippen molar-refractivity contribution >= 4 is 17.2 Å². The molecule has 22 heavy (non-hydrogen) atoms. The van der Waals surface area contributed by atoms with Crippen LogP contribution < -0.4 is 10.1 Å². The molecule has 0 saturated heterocycles. The lowest BCUT2D eigenvalue weighted by Crippen LogP contribution is -2.34. The van der Waals surface area contributed by atoms with E-state index in [1.54, 1.807) is 18.4 Å². The number of likely N-dealkylation sites (N-methyl/N-ethyl adjacent to an activating group) is 1. The van der Waals surface area contributed by atoms with Crippen molar-refractivity contribution in [3.63, 3.8) is 0 Å². The summed E-state index contributed by atoms with van der Waals surface area (Å²) in [6.45, 7) is 0.782. The molecule has 118 valence electrons. The molecule has 1 aromatic carbocycles. The molecule has 0 radical (unpaired) electrons. The van der Waals surface area contributed by atoms with Crippen molar-refractivity contribution in [1.82, 2.24) is 10.2 Å². The first-order valence-corrected chi connectivity index (χ1v) is 8.08. The summed E-state index contributed by atoms with van der Waals surface area (Å²) in [7, 11) is 7.68. The number of nitrogens with zero attached hydrogens (tertiary/aromatic N) is 2. The molecule has 0 spiro atoms. The average Bonchev–Trinajstić information content (AvgIpc) is 3.05. The van der Waals surface area contributed by atoms with Gasteiger partial charge in [-0.25, -0.2) is 0 Å². The second kappa shape index (κ2) is 7.96. The highest BCUT2D eigenvalue weighted by Gasteiger charge is 2.16. The molecule has 0 saturated carbocycles. The van der Waals surface area contributed by atoms with Crippen molar-refractivity contribution in [2.45, 2.75) is 6.04 Å².